The molecule has 0 fully saturated rings. The van der Waals surface area contributed by atoms with Crippen molar-refractivity contribution in [2.75, 3.05) is 23.3 Å². The number of hydrogen-bond acceptors (Lipinski definition) is 6. The number of rotatable bonds is 8. The molecule has 1 aromatic heterocycles. The van der Waals surface area contributed by atoms with Gasteiger partial charge in [-0.25, -0.2) is 0 Å². The molecule has 0 unspecified atom stereocenters. The van der Waals surface area contributed by atoms with Crippen LogP contribution in [0.1, 0.15) is 25.5 Å². The van der Waals surface area contributed by atoms with Gasteiger partial charge >= 0.3 is 0 Å². The van der Waals surface area contributed by atoms with Gasteiger partial charge in [0.1, 0.15) is 10.7 Å². The Bertz CT molecular complexity index is 575. The van der Waals surface area contributed by atoms with E-state index < -0.39 is 0 Å². The van der Waals surface area contributed by atoms with Gasteiger partial charge in [0.05, 0.1) is 19.0 Å². The molecule has 0 radical (unpaired) electrons. The number of aromatic nitrogens is 2. The van der Waals surface area contributed by atoms with Gasteiger partial charge < -0.3 is 10.2 Å². The maximum absolute atomic E-state index is 8.84. The molecule has 2 aromatic rings. The minimum absolute atomic E-state index is 0.490. The lowest BCUT2D eigenvalue weighted by Crippen LogP contribution is -2.24. The van der Waals surface area contributed by atoms with Crippen LogP contribution in [-0.2, 0) is 6.54 Å². The Morgan fingerprint density at radius 1 is 1.33 bits per heavy atom. The summed E-state index contributed by atoms with van der Waals surface area (Å²) in [5, 5.41) is 17.4. The van der Waals surface area contributed by atoms with Crippen LogP contribution in [0.25, 0.3) is 0 Å². The van der Waals surface area contributed by atoms with E-state index in [0.29, 0.717) is 19.5 Å². The third kappa shape index (κ3) is 4.43. The minimum Gasteiger partial charge on any atom is -0.374 e. The average Bonchev–Trinajstić information content (AvgIpc) is 2.97. The number of benzene rings is 1. The molecule has 6 heteroatoms. The van der Waals surface area contributed by atoms with Gasteiger partial charge in [-0.1, -0.05) is 29.6 Å². The van der Waals surface area contributed by atoms with Crippen LogP contribution >= 0.6 is 11.5 Å². The number of nitrogens with one attached hydrogen (secondary N) is 1. The second-order valence-electron chi connectivity index (χ2n) is 4.64. The number of hydrogen-bond donors (Lipinski definition) is 1. The van der Waals surface area contributed by atoms with E-state index in [1.165, 1.54) is 11.5 Å². The molecule has 0 aliphatic carbocycles. The number of nitriles is 1. The highest BCUT2D eigenvalue weighted by molar-refractivity contribution is 7.10. The molecule has 0 aliphatic rings. The van der Waals surface area contributed by atoms with E-state index in [9.17, 15) is 0 Å². The van der Waals surface area contributed by atoms with E-state index in [1.807, 2.05) is 18.2 Å². The van der Waals surface area contributed by atoms with Crippen molar-refractivity contribution in [3.05, 3.63) is 36.0 Å². The average molecular weight is 301 g/mol. The summed E-state index contributed by atoms with van der Waals surface area (Å²) in [5.74, 6) is 0. The molecule has 1 aromatic carbocycles. The third-order valence-corrected chi connectivity index (χ3v) is 3.77. The smallest absolute Gasteiger partial charge is 0.135 e. The molecule has 1 N–H and O–H groups in total. The van der Waals surface area contributed by atoms with Crippen molar-refractivity contribution in [2.45, 2.75) is 26.3 Å². The highest BCUT2D eigenvalue weighted by Crippen LogP contribution is 2.23. The van der Waals surface area contributed by atoms with Crippen LogP contribution < -0.4 is 10.2 Å². The van der Waals surface area contributed by atoms with Crippen LogP contribution in [0.4, 0.5) is 10.7 Å². The molecule has 0 spiro atoms. The van der Waals surface area contributed by atoms with Gasteiger partial charge in [0.15, 0.2) is 0 Å². The van der Waals surface area contributed by atoms with Gasteiger partial charge in [0.2, 0.25) is 0 Å². The summed E-state index contributed by atoms with van der Waals surface area (Å²) in [6.45, 7) is 4.39. The second-order valence-corrected chi connectivity index (χ2v) is 5.39. The van der Waals surface area contributed by atoms with E-state index in [2.05, 4.69) is 44.9 Å². The highest BCUT2D eigenvalue weighted by atomic mass is 32.1. The Morgan fingerprint density at radius 2 is 2.14 bits per heavy atom. The van der Waals surface area contributed by atoms with Gasteiger partial charge in [0.25, 0.3) is 0 Å². The predicted molar refractivity (Wildman–Crippen MR) is 86.4 cm³/mol. The van der Waals surface area contributed by atoms with E-state index in [-0.39, 0.29) is 0 Å². The summed E-state index contributed by atoms with van der Waals surface area (Å²) in [5.41, 5.74) is 2.04. The van der Waals surface area contributed by atoms with Crippen LogP contribution in [0.5, 0.6) is 0 Å². The molecule has 5 nitrogen and oxygen atoms in total. The Hall–Kier alpha value is -2.13. The maximum atomic E-state index is 8.84. The van der Waals surface area contributed by atoms with Crippen LogP contribution in [-0.4, -0.2) is 22.7 Å². The molecular weight excluding hydrogens is 282 g/mol. The fraction of sp³-hybridized carbons (Fsp3) is 0.400. The first-order valence-electron chi connectivity index (χ1n) is 7.07. The Balaban J connectivity index is 2.12. The van der Waals surface area contributed by atoms with E-state index in [0.717, 1.165) is 29.3 Å². The summed E-state index contributed by atoms with van der Waals surface area (Å²) in [4.78, 5) is 2.16. The molecule has 1 heterocycles. The SMILES string of the molecule is CCCNc1snnc1CN(CCC#N)c1ccccc1. The third-order valence-electron chi connectivity index (χ3n) is 3.05. The van der Waals surface area contributed by atoms with Crippen LogP contribution in [0.3, 0.4) is 0 Å². The largest absolute Gasteiger partial charge is 0.374 e. The van der Waals surface area contributed by atoms with Crippen molar-refractivity contribution in [2.24, 2.45) is 0 Å². The van der Waals surface area contributed by atoms with E-state index in [1.54, 1.807) is 0 Å². The van der Waals surface area contributed by atoms with Crippen LogP contribution in [0.2, 0.25) is 0 Å². The standard InChI is InChI=1S/C15H19N5S/c1-2-10-17-15-14(18-19-21-15)12-20(11-6-9-16)13-7-4-3-5-8-13/h3-5,7-8,17H,2,6,10-12H2,1H3. The molecule has 0 aliphatic heterocycles. The first-order valence-corrected chi connectivity index (χ1v) is 7.84. The molecule has 0 amide bonds. The van der Waals surface area contributed by atoms with E-state index >= 15 is 0 Å². The zero-order chi connectivity index (χ0) is 14.9. The Morgan fingerprint density at radius 3 is 2.86 bits per heavy atom. The molecule has 0 bridgehead atoms. The lowest BCUT2D eigenvalue weighted by molar-refractivity contribution is 0.776. The van der Waals surface area contributed by atoms with Crippen molar-refractivity contribution in [1.29, 1.82) is 5.26 Å². The Labute approximate surface area is 129 Å². The van der Waals surface area contributed by atoms with Gasteiger partial charge in [-0.05, 0) is 18.6 Å². The lowest BCUT2D eigenvalue weighted by Gasteiger charge is -2.23. The van der Waals surface area contributed by atoms with Gasteiger partial charge in [0, 0.05) is 30.3 Å². The van der Waals surface area contributed by atoms with Gasteiger partial charge in [-0.2, -0.15) is 5.26 Å². The van der Waals surface area contributed by atoms with Crippen molar-refractivity contribution in [3.63, 3.8) is 0 Å². The summed E-state index contributed by atoms with van der Waals surface area (Å²) in [6, 6.07) is 12.3. The summed E-state index contributed by atoms with van der Waals surface area (Å²) < 4.78 is 4.04. The predicted octanol–water partition coefficient (Wildman–Crippen LogP) is 3.28. The molecule has 21 heavy (non-hydrogen) atoms. The fourth-order valence-electron chi connectivity index (χ4n) is 1.99. The number of para-hydroxylation sites is 1. The molecule has 110 valence electrons. The maximum Gasteiger partial charge on any atom is 0.135 e. The highest BCUT2D eigenvalue weighted by Gasteiger charge is 2.13. The van der Waals surface area contributed by atoms with E-state index in [4.69, 9.17) is 5.26 Å². The zero-order valence-corrected chi connectivity index (χ0v) is 12.9. The first-order chi connectivity index (χ1) is 10.3. The molecule has 0 saturated heterocycles. The number of anilines is 2. The fourth-order valence-corrected chi connectivity index (χ4v) is 2.59. The zero-order valence-electron chi connectivity index (χ0n) is 12.1. The quantitative estimate of drug-likeness (QED) is 0.810. The van der Waals surface area contributed by atoms with Crippen molar-refractivity contribution in [3.8, 4) is 6.07 Å². The molecule has 0 saturated carbocycles. The van der Waals surface area contributed by atoms with Crippen LogP contribution in [0.15, 0.2) is 30.3 Å². The second kappa shape index (κ2) is 8.22. The normalized spacial score (nSPS) is 10.1. The topological polar surface area (TPSA) is 64.8 Å². The van der Waals surface area contributed by atoms with Gasteiger partial charge in [-0.15, -0.1) is 5.10 Å². The minimum atomic E-state index is 0.490. The molecular formula is C15H19N5S. The Kier molecular flexibility index (Phi) is 5.98. The first kappa shape index (κ1) is 15.3. The number of nitrogens with zero attached hydrogens (tertiary/aromatic N) is 4. The summed E-state index contributed by atoms with van der Waals surface area (Å²) in [7, 11) is 0. The van der Waals surface area contributed by atoms with Crippen molar-refractivity contribution < 1.29 is 0 Å². The summed E-state index contributed by atoms with van der Waals surface area (Å²) >= 11 is 1.39. The van der Waals surface area contributed by atoms with Crippen molar-refractivity contribution >= 4 is 22.2 Å². The monoisotopic (exact) mass is 301 g/mol. The lowest BCUT2D eigenvalue weighted by atomic mass is 10.2. The van der Waals surface area contributed by atoms with Crippen LogP contribution in [0, 0.1) is 11.3 Å². The van der Waals surface area contributed by atoms with Gasteiger partial charge in [-0.3, -0.25) is 0 Å². The molecule has 2 rings (SSSR count). The van der Waals surface area contributed by atoms with Crippen molar-refractivity contribution in [1.82, 2.24) is 9.59 Å². The summed E-state index contributed by atoms with van der Waals surface area (Å²) in [6.07, 6.45) is 1.55. The molecule has 0 atom stereocenters.